The average Bonchev–Trinajstić information content (AvgIpc) is 1.60. The molecule has 3 aliphatic heterocycles. The topological polar surface area (TPSA) is 375 Å². The van der Waals surface area contributed by atoms with Crippen molar-refractivity contribution in [2.45, 2.75) is 135 Å². The van der Waals surface area contributed by atoms with E-state index < -0.39 is 70.4 Å². The zero-order valence-electron chi connectivity index (χ0n) is 62.8. The Balaban J connectivity index is 0.000000152. The van der Waals surface area contributed by atoms with Gasteiger partial charge in [-0.1, -0.05) is 23.8 Å². The Morgan fingerprint density at radius 2 is 0.803 bits per heavy atom. The van der Waals surface area contributed by atoms with Gasteiger partial charge < -0.3 is 49.1 Å². The summed E-state index contributed by atoms with van der Waals surface area (Å²) in [6.07, 6.45) is 1.20. The molecule has 117 heavy (non-hydrogen) atoms. The van der Waals surface area contributed by atoms with Crippen LogP contribution in [0.3, 0.4) is 0 Å². The van der Waals surface area contributed by atoms with Gasteiger partial charge in [-0.05, 0) is 172 Å². The molecular weight excluding hydrogens is 1550 g/mol. The van der Waals surface area contributed by atoms with Crippen LogP contribution < -0.4 is 34.4 Å². The predicted octanol–water partition coefficient (Wildman–Crippen LogP) is 9.63. The average molecular weight is 1630 g/mol. The van der Waals surface area contributed by atoms with Crippen molar-refractivity contribution in [1.29, 1.82) is 0 Å². The van der Waals surface area contributed by atoms with Crippen LogP contribution in [0.1, 0.15) is 161 Å². The van der Waals surface area contributed by atoms with Gasteiger partial charge in [0.15, 0.2) is 0 Å². The monoisotopic (exact) mass is 1630 g/mol. The number of nitrogen functional groups attached to an aromatic ring is 3. The number of primary amides is 3. The fourth-order valence-electron chi connectivity index (χ4n) is 16.7. The van der Waals surface area contributed by atoms with Gasteiger partial charge in [0.05, 0.1) is 73.0 Å². The van der Waals surface area contributed by atoms with Crippen molar-refractivity contribution < 1.29 is 81.5 Å². The third-order valence-corrected chi connectivity index (χ3v) is 22.2. The summed E-state index contributed by atoms with van der Waals surface area (Å²) in [4.78, 5) is 78.6. The van der Waals surface area contributed by atoms with E-state index in [4.69, 9.17) is 34.4 Å². The van der Waals surface area contributed by atoms with E-state index in [1.54, 1.807) is 49.5 Å². The molecule has 9 heterocycles. The number of benzene rings is 3. The van der Waals surface area contributed by atoms with Gasteiger partial charge in [-0.15, -0.1) is 0 Å². The standard InChI is InChI=1S/3C26H25F4N7O2/c1-2-3-20(38)35-5-4-25(14-35)9-19(10-25)37-23(31)21(24(32)39)22(34-37)16-11-33-36(13-16)12-15-6-17(26(28,29)30)8-18(27)7-15;1-2-3-20(38)35-7-6-25(14-35)9-18(10-25)37-23(31)21(24(32)39)22(34-37)16-11-33-36(13-16)12-15-8-17(26(28,29)30)4-5-19(15)27;1-2-3-20(38)35-7-6-25(14-35)9-17(10-25)37-23(31)21(24(32)39)22(34-37)16-11-33-36(13-16)12-15-4-5-19(27)18(8-15)26(28,29)30/h6-8,11,13,19H,4-5,9-10,12,14,31H2,1H3,(H2,32,39);4-5,8,11,13,18H,6-7,9-10,12,14,31H2,1H3,(H2,32,39);4-5,8,11,13,17H,6-7,9-10,12,14,31H2,1H3,(H2,32,39). The van der Waals surface area contributed by atoms with E-state index in [0.717, 1.165) is 55.7 Å². The number of hydrogen-bond donors (Lipinski definition) is 6. The predicted molar refractivity (Wildman–Crippen MR) is 397 cm³/mol. The van der Waals surface area contributed by atoms with E-state index in [-0.39, 0.29) is 140 Å². The van der Waals surface area contributed by atoms with Crippen LogP contribution in [0, 0.1) is 69.2 Å². The summed E-state index contributed by atoms with van der Waals surface area (Å²) >= 11 is 0. The minimum absolute atomic E-state index is 0.00203. The second-order valence-electron chi connectivity index (χ2n) is 30.2. The first kappa shape index (κ1) is 82.0. The zero-order chi connectivity index (χ0) is 84.3. The molecule has 6 amide bonds. The summed E-state index contributed by atoms with van der Waals surface area (Å²) in [5, 5.41) is 26.1. The molecule has 6 fully saturated rings. The smallest absolute Gasteiger partial charge is 0.383 e. The molecule has 6 aromatic heterocycles. The Hall–Kier alpha value is -13.0. The second kappa shape index (κ2) is 31.3. The number of aromatic nitrogens is 12. The van der Waals surface area contributed by atoms with Crippen LogP contribution in [0.2, 0.25) is 0 Å². The van der Waals surface area contributed by atoms with E-state index in [0.29, 0.717) is 107 Å². The summed E-state index contributed by atoms with van der Waals surface area (Å²) in [5.41, 5.74) is 34.0. The number of alkyl halides is 9. The third kappa shape index (κ3) is 16.8. The third-order valence-electron chi connectivity index (χ3n) is 22.2. The summed E-state index contributed by atoms with van der Waals surface area (Å²) < 4.78 is 168. The van der Waals surface area contributed by atoms with Crippen molar-refractivity contribution in [2.75, 3.05) is 56.5 Å². The molecule has 3 saturated heterocycles. The van der Waals surface area contributed by atoms with Crippen molar-refractivity contribution in [3.05, 3.63) is 159 Å². The first-order valence-corrected chi connectivity index (χ1v) is 36.5. The summed E-state index contributed by atoms with van der Waals surface area (Å²) in [6.45, 7) is 8.01. The highest BCUT2D eigenvalue weighted by molar-refractivity contribution is 6.05. The summed E-state index contributed by atoms with van der Waals surface area (Å²) in [7, 11) is 0. The molecule has 6 aliphatic rings. The molecule has 3 aliphatic carbocycles. The molecule has 3 spiro atoms. The highest BCUT2D eigenvalue weighted by Crippen LogP contribution is 2.58. The Morgan fingerprint density at radius 3 is 1.15 bits per heavy atom. The molecule has 9 aromatic rings. The first-order valence-electron chi connectivity index (χ1n) is 36.5. The SMILES string of the molecule is CC#CC(=O)N1CCC2(CC(n3nc(-c4cnn(Cc5cc(C(F)(F)F)ccc5F)c4)c(C(N)=O)c3N)C2)C1.CC#CC(=O)N1CCC2(CC(n3nc(-c4cnn(Cc5cc(F)cc(C(F)(F)F)c5)c4)c(C(N)=O)c3N)C2)C1.CC#CC(=O)N1CCC2(CC(n3nc(-c4cnn(Cc5ccc(F)c(C(F)(F)F)c5)c4)c(C(N)=O)c3N)C2)C1. The Bertz CT molecular complexity index is 5650. The van der Waals surface area contributed by atoms with E-state index in [9.17, 15) is 81.5 Å². The highest BCUT2D eigenvalue weighted by Gasteiger charge is 2.54. The molecule has 612 valence electrons. The van der Waals surface area contributed by atoms with Crippen molar-refractivity contribution in [2.24, 2.45) is 33.4 Å². The number of nitrogens with two attached hydrogens (primary N) is 6. The maximum absolute atomic E-state index is 14.2. The molecule has 0 radical (unpaired) electrons. The van der Waals surface area contributed by atoms with Gasteiger partial charge in [0.1, 0.15) is 68.7 Å². The molecular formula is C78H75F12N21O6. The number of likely N-dealkylation sites (tertiary alicyclic amines) is 3. The fourth-order valence-corrected chi connectivity index (χ4v) is 16.7. The quantitative estimate of drug-likeness (QED) is 0.0411. The van der Waals surface area contributed by atoms with Crippen LogP contribution >= 0.6 is 0 Å². The van der Waals surface area contributed by atoms with E-state index in [1.807, 2.05) is 0 Å². The summed E-state index contributed by atoms with van der Waals surface area (Å²) in [5.74, 6) is 9.77. The Kier molecular flexibility index (Phi) is 21.9. The number of carbonyl (C=O) groups is 6. The van der Waals surface area contributed by atoms with Crippen LogP contribution in [0.25, 0.3) is 33.8 Å². The largest absolute Gasteiger partial charge is 0.419 e. The van der Waals surface area contributed by atoms with Crippen LogP contribution in [-0.4, -0.2) is 148 Å². The van der Waals surface area contributed by atoms with Crippen molar-refractivity contribution in [1.82, 2.24) is 73.4 Å². The number of nitrogens with zero attached hydrogens (tertiary/aromatic N) is 15. The van der Waals surface area contributed by atoms with Gasteiger partial charge in [-0.25, -0.2) is 27.2 Å². The van der Waals surface area contributed by atoms with Gasteiger partial charge in [-0.3, -0.25) is 42.8 Å². The number of halogens is 12. The lowest BCUT2D eigenvalue weighted by molar-refractivity contribution is -0.140. The lowest BCUT2D eigenvalue weighted by Gasteiger charge is -2.45. The number of hydrogen-bond acceptors (Lipinski definition) is 15. The molecule has 15 rings (SSSR count). The van der Waals surface area contributed by atoms with E-state index in [2.05, 4.69) is 66.1 Å². The van der Waals surface area contributed by atoms with Crippen molar-refractivity contribution in [3.63, 3.8) is 0 Å². The van der Waals surface area contributed by atoms with Gasteiger partial charge in [0.25, 0.3) is 35.4 Å². The number of amides is 6. The highest BCUT2D eigenvalue weighted by atomic mass is 19.4. The molecule has 0 unspecified atom stereocenters. The van der Waals surface area contributed by atoms with Crippen LogP contribution in [0.4, 0.5) is 70.1 Å². The second-order valence-corrected chi connectivity index (χ2v) is 30.2. The zero-order valence-corrected chi connectivity index (χ0v) is 62.8. The number of rotatable bonds is 15. The fraction of sp³-hybridized carbons (Fsp3) is 0.385. The van der Waals surface area contributed by atoms with Crippen LogP contribution in [0.15, 0.2) is 91.8 Å². The molecule has 27 nitrogen and oxygen atoms in total. The van der Waals surface area contributed by atoms with Crippen LogP contribution in [0.5, 0.6) is 0 Å². The lowest BCUT2D eigenvalue weighted by Crippen LogP contribution is -2.42. The van der Waals surface area contributed by atoms with E-state index >= 15 is 0 Å². The van der Waals surface area contributed by atoms with Gasteiger partial charge >= 0.3 is 18.5 Å². The Morgan fingerprint density at radius 1 is 0.444 bits per heavy atom. The molecule has 3 saturated carbocycles. The number of anilines is 3. The molecule has 3 aromatic carbocycles. The molecule has 0 atom stereocenters. The number of carbonyl (C=O) groups excluding carboxylic acids is 6. The lowest BCUT2D eigenvalue weighted by atomic mass is 9.65. The van der Waals surface area contributed by atoms with Crippen molar-refractivity contribution in [3.8, 4) is 69.3 Å². The first-order chi connectivity index (χ1) is 55.2. The minimum Gasteiger partial charge on any atom is -0.383 e. The minimum atomic E-state index is -4.83. The van der Waals surface area contributed by atoms with Crippen LogP contribution in [-0.2, 0) is 52.5 Å². The van der Waals surface area contributed by atoms with Gasteiger partial charge in [-0.2, -0.15) is 70.1 Å². The normalized spacial score (nSPS) is 20.5. The molecule has 0 bridgehead atoms. The van der Waals surface area contributed by atoms with Crippen molar-refractivity contribution >= 4 is 52.9 Å². The van der Waals surface area contributed by atoms with E-state index in [1.165, 1.54) is 57.3 Å². The van der Waals surface area contributed by atoms with Gasteiger partial charge in [0, 0.05) is 80.1 Å². The summed E-state index contributed by atoms with van der Waals surface area (Å²) in [6, 6.07) is 6.87. The van der Waals surface area contributed by atoms with Gasteiger partial charge in [0.2, 0.25) is 0 Å². The maximum atomic E-state index is 14.2. The Labute approximate surface area is 658 Å². The molecule has 12 N–H and O–H groups in total. The maximum Gasteiger partial charge on any atom is 0.419 e. The molecule has 39 heteroatoms.